The first-order valence-corrected chi connectivity index (χ1v) is 6.74. The molecule has 2 unspecified atom stereocenters. The van der Waals surface area contributed by atoms with Crippen LogP contribution in [0.4, 0.5) is 0 Å². The number of hydrogen-bond donors (Lipinski definition) is 1. The molecule has 104 valence electrons. The zero-order chi connectivity index (χ0) is 13.7. The van der Waals surface area contributed by atoms with Gasteiger partial charge in [0.2, 0.25) is 0 Å². The van der Waals surface area contributed by atoms with Crippen molar-refractivity contribution >= 4 is 11.6 Å². The van der Waals surface area contributed by atoms with E-state index < -0.39 is 6.10 Å². The van der Waals surface area contributed by atoms with Gasteiger partial charge in [0, 0.05) is 27.2 Å². The van der Waals surface area contributed by atoms with Crippen LogP contribution in [0.3, 0.4) is 0 Å². The van der Waals surface area contributed by atoms with Gasteiger partial charge >= 0.3 is 0 Å². The zero-order valence-electron chi connectivity index (χ0n) is 11.6. The molecule has 1 aromatic rings. The summed E-state index contributed by atoms with van der Waals surface area (Å²) in [4.78, 5) is 0. The van der Waals surface area contributed by atoms with Crippen LogP contribution in [-0.2, 0) is 24.6 Å². The van der Waals surface area contributed by atoms with E-state index in [0.717, 1.165) is 17.8 Å². The van der Waals surface area contributed by atoms with Crippen molar-refractivity contribution in [2.75, 3.05) is 13.7 Å². The molecule has 0 fully saturated rings. The molecule has 0 bridgehead atoms. The van der Waals surface area contributed by atoms with Crippen molar-refractivity contribution in [1.29, 1.82) is 0 Å². The fraction of sp³-hybridized carbons (Fsp3) is 0.769. The molecule has 0 radical (unpaired) electrons. The SMILES string of the molecule is CCc1nn(C)c(CC(O)CC(C)COC)c1Cl. The molecule has 5 heteroatoms. The quantitative estimate of drug-likeness (QED) is 0.829. The Hall–Kier alpha value is -0.580. The van der Waals surface area contributed by atoms with Crippen molar-refractivity contribution < 1.29 is 9.84 Å². The smallest absolute Gasteiger partial charge is 0.0850 e. The van der Waals surface area contributed by atoms with Crippen LogP contribution in [0, 0.1) is 5.92 Å². The van der Waals surface area contributed by atoms with E-state index in [1.54, 1.807) is 11.8 Å². The number of methoxy groups -OCH3 is 1. The van der Waals surface area contributed by atoms with Gasteiger partial charge in [-0.2, -0.15) is 5.10 Å². The molecule has 1 N–H and O–H groups in total. The second kappa shape index (κ2) is 7.12. The number of nitrogens with zero attached hydrogens (tertiary/aromatic N) is 2. The van der Waals surface area contributed by atoms with Crippen molar-refractivity contribution in [2.24, 2.45) is 13.0 Å². The van der Waals surface area contributed by atoms with Gasteiger partial charge in [0.1, 0.15) is 0 Å². The van der Waals surface area contributed by atoms with E-state index in [1.165, 1.54) is 0 Å². The molecule has 18 heavy (non-hydrogen) atoms. The Kier molecular flexibility index (Phi) is 6.12. The summed E-state index contributed by atoms with van der Waals surface area (Å²) in [6.45, 7) is 4.75. The number of aliphatic hydroxyl groups is 1. The van der Waals surface area contributed by atoms with Crippen LogP contribution >= 0.6 is 11.6 Å². The normalized spacial score (nSPS) is 14.8. The lowest BCUT2D eigenvalue weighted by Gasteiger charge is -2.16. The molecule has 0 saturated carbocycles. The minimum absolute atomic E-state index is 0.336. The largest absolute Gasteiger partial charge is 0.393 e. The first-order chi connectivity index (χ1) is 8.49. The lowest BCUT2D eigenvalue weighted by molar-refractivity contribution is 0.101. The summed E-state index contributed by atoms with van der Waals surface area (Å²) in [5.41, 5.74) is 1.80. The molecule has 0 spiro atoms. The first kappa shape index (κ1) is 15.5. The topological polar surface area (TPSA) is 47.3 Å². The van der Waals surface area contributed by atoms with E-state index >= 15 is 0 Å². The van der Waals surface area contributed by atoms with Crippen molar-refractivity contribution in [3.8, 4) is 0 Å². The van der Waals surface area contributed by atoms with E-state index in [1.807, 2.05) is 14.0 Å². The molecule has 2 atom stereocenters. The highest BCUT2D eigenvalue weighted by molar-refractivity contribution is 6.31. The molecular formula is C13H23ClN2O2. The van der Waals surface area contributed by atoms with Crippen molar-refractivity contribution in [1.82, 2.24) is 9.78 Å². The Bertz CT molecular complexity index is 379. The minimum Gasteiger partial charge on any atom is -0.393 e. The predicted octanol–water partition coefficient (Wildman–Crippen LogP) is 2.21. The van der Waals surface area contributed by atoms with Gasteiger partial charge < -0.3 is 9.84 Å². The van der Waals surface area contributed by atoms with Crippen LogP contribution in [0.2, 0.25) is 5.02 Å². The standard InChI is InChI=1S/C13H23ClN2O2/c1-5-11-13(14)12(16(3)15-11)7-10(17)6-9(2)8-18-4/h9-10,17H,5-8H2,1-4H3. The van der Waals surface area contributed by atoms with Gasteiger partial charge in [-0.25, -0.2) is 0 Å². The Morgan fingerprint density at radius 3 is 2.67 bits per heavy atom. The summed E-state index contributed by atoms with van der Waals surface area (Å²) in [7, 11) is 3.54. The van der Waals surface area contributed by atoms with Gasteiger partial charge in [0.05, 0.1) is 22.5 Å². The molecule has 0 saturated heterocycles. The molecule has 0 aliphatic rings. The van der Waals surface area contributed by atoms with Crippen LogP contribution in [0.15, 0.2) is 0 Å². The molecule has 4 nitrogen and oxygen atoms in total. The molecular weight excluding hydrogens is 252 g/mol. The number of aromatic nitrogens is 2. The Balaban J connectivity index is 2.64. The number of halogens is 1. The zero-order valence-corrected chi connectivity index (χ0v) is 12.4. The molecule has 1 aromatic heterocycles. The molecule has 0 aliphatic carbocycles. The number of ether oxygens (including phenoxy) is 1. The van der Waals surface area contributed by atoms with Gasteiger partial charge in [0.15, 0.2) is 0 Å². The maximum Gasteiger partial charge on any atom is 0.0850 e. The number of hydrogen-bond acceptors (Lipinski definition) is 3. The predicted molar refractivity (Wildman–Crippen MR) is 73.0 cm³/mol. The van der Waals surface area contributed by atoms with E-state index in [0.29, 0.717) is 30.4 Å². The third-order valence-electron chi connectivity index (χ3n) is 3.06. The van der Waals surface area contributed by atoms with Gasteiger partial charge in [-0.05, 0) is 18.8 Å². The van der Waals surface area contributed by atoms with E-state index in [2.05, 4.69) is 12.0 Å². The minimum atomic E-state index is -0.409. The third kappa shape index (κ3) is 3.97. The summed E-state index contributed by atoms with van der Waals surface area (Å²) in [5.74, 6) is 0.336. The monoisotopic (exact) mass is 274 g/mol. The Labute approximate surface area is 114 Å². The van der Waals surface area contributed by atoms with E-state index in [4.69, 9.17) is 16.3 Å². The summed E-state index contributed by atoms with van der Waals surface area (Å²) in [6, 6.07) is 0. The highest BCUT2D eigenvalue weighted by Crippen LogP contribution is 2.23. The van der Waals surface area contributed by atoms with Crippen LogP contribution in [-0.4, -0.2) is 34.7 Å². The molecule has 1 heterocycles. The Morgan fingerprint density at radius 2 is 2.17 bits per heavy atom. The van der Waals surface area contributed by atoms with E-state index in [-0.39, 0.29) is 0 Å². The van der Waals surface area contributed by atoms with Crippen LogP contribution in [0.1, 0.15) is 31.7 Å². The van der Waals surface area contributed by atoms with Crippen LogP contribution in [0.25, 0.3) is 0 Å². The number of aryl methyl sites for hydroxylation is 2. The first-order valence-electron chi connectivity index (χ1n) is 6.36. The number of rotatable bonds is 7. The van der Waals surface area contributed by atoms with Crippen LogP contribution < -0.4 is 0 Å². The number of aliphatic hydroxyl groups excluding tert-OH is 1. The lowest BCUT2D eigenvalue weighted by Crippen LogP contribution is -2.19. The van der Waals surface area contributed by atoms with Crippen molar-refractivity contribution in [3.05, 3.63) is 16.4 Å². The average molecular weight is 275 g/mol. The molecule has 0 amide bonds. The highest BCUT2D eigenvalue weighted by atomic mass is 35.5. The second-order valence-corrected chi connectivity index (χ2v) is 5.22. The maximum atomic E-state index is 10.1. The van der Waals surface area contributed by atoms with Gasteiger partial charge in [-0.15, -0.1) is 0 Å². The van der Waals surface area contributed by atoms with Gasteiger partial charge in [-0.1, -0.05) is 25.4 Å². The molecule has 0 aromatic carbocycles. The van der Waals surface area contributed by atoms with Gasteiger partial charge in [-0.3, -0.25) is 4.68 Å². The summed E-state index contributed by atoms with van der Waals surface area (Å²) in [5, 5.41) is 15.1. The van der Waals surface area contributed by atoms with E-state index in [9.17, 15) is 5.11 Å². The molecule has 0 aliphatic heterocycles. The lowest BCUT2D eigenvalue weighted by atomic mass is 10.0. The van der Waals surface area contributed by atoms with Gasteiger partial charge in [0.25, 0.3) is 0 Å². The fourth-order valence-electron chi connectivity index (χ4n) is 2.17. The summed E-state index contributed by atoms with van der Waals surface area (Å²) >= 11 is 6.25. The van der Waals surface area contributed by atoms with Crippen LogP contribution in [0.5, 0.6) is 0 Å². The second-order valence-electron chi connectivity index (χ2n) is 4.84. The average Bonchev–Trinajstić information content (AvgIpc) is 2.56. The van der Waals surface area contributed by atoms with Crippen molar-refractivity contribution in [3.63, 3.8) is 0 Å². The highest BCUT2D eigenvalue weighted by Gasteiger charge is 2.18. The summed E-state index contributed by atoms with van der Waals surface area (Å²) < 4.78 is 6.84. The third-order valence-corrected chi connectivity index (χ3v) is 3.49. The maximum absolute atomic E-state index is 10.1. The summed E-state index contributed by atoms with van der Waals surface area (Å²) in [6.07, 6.45) is 1.64. The molecule has 1 rings (SSSR count). The fourth-order valence-corrected chi connectivity index (χ4v) is 2.54. The van der Waals surface area contributed by atoms with Crippen molar-refractivity contribution in [2.45, 2.75) is 39.2 Å². The Morgan fingerprint density at radius 1 is 1.50 bits per heavy atom.